The second-order valence-electron chi connectivity index (χ2n) is 10.4. The lowest BCUT2D eigenvalue weighted by molar-refractivity contribution is -0.387. The number of nitrogens with two attached hydrogens (primary N) is 1. The number of sulfonamides is 1. The molecule has 3 N–H and O–H groups in total. The highest BCUT2D eigenvalue weighted by Gasteiger charge is 2.58. The number of nitrogens with zero attached hydrogens (tertiary/aromatic N) is 1. The lowest BCUT2D eigenvalue weighted by Crippen LogP contribution is -2.57. The van der Waals surface area contributed by atoms with Crippen LogP contribution in [-0.4, -0.2) is 30.6 Å². The Kier molecular flexibility index (Phi) is 5.44. The zero-order valence-corrected chi connectivity index (χ0v) is 19.1. The molecule has 0 heterocycles. The van der Waals surface area contributed by atoms with Gasteiger partial charge < -0.3 is 5.73 Å². The van der Waals surface area contributed by atoms with Crippen molar-refractivity contribution in [2.45, 2.75) is 62.8 Å². The number of nitrogens with one attached hydrogen (secondary N) is 1. The molecule has 4 bridgehead atoms. The fourth-order valence-electron chi connectivity index (χ4n) is 6.52. The molecule has 4 saturated carbocycles. The molecule has 2 atom stereocenters. The van der Waals surface area contributed by atoms with Crippen LogP contribution in [0.15, 0.2) is 29.2 Å². The van der Waals surface area contributed by atoms with E-state index in [0.717, 1.165) is 31.4 Å². The summed E-state index contributed by atoms with van der Waals surface area (Å²) in [5.74, 6) is 0.544. The number of benzene rings is 1. The minimum absolute atomic E-state index is 0.0985. The smallest absolute Gasteiger partial charge is 0.289 e. The van der Waals surface area contributed by atoms with Gasteiger partial charge in [-0.05, 0) is 75.7 Å². The maximum Gasteiger partial charge on any atom is 0.289 e. The Morgan fingerprint density at radius 3 is 2.34 bits per heavy atom. The molecule has 0 aromatic heterocycles. The van der Waals surface area contributed by atoms with E-state index in [4.69, 9.17) is 5.73 Å². The average Bonchev–Trinajstić information content (AvgIpc) is 2.69. The van der Waals surface area contributed by atoms with Gasteiger partial charge in [-0.15, -0.1) is 0 Å². The standard InChI is InChI=1S/C22H29N3O6S/c1-21(2,24-32(30,31)18-6-4-3-5-17(18)25(28)29)19(26)9-16-14-7-13-8-15(16)12-22(10-13,11-14)20(23)27/h3-6,13-16,24H,7-12H2,1-2H3,(H2,23,27). The highest BCUT2D eigenvalue weighted by atomic mass is 32.2. The summed E-state index contributed by atoms with van der Waals surface area (Å²) in [6, 6.07) is 5.06. The monoisotopic (exact) mass is 463 g/mol. The lowest BCUT2D eigenvalue weighted by Gasteiger charge is -2.59. The summed E-state index contributed by atoms with van der Waals surface area (Å²) >= 11 is 0. The van der Waals surface area contributed by atoms with Crippen molar-refractivity contribution >= 4 is 27.4 Å². The largest absolute Gasteiger partial charge is 0.369 e. The first-order valence-corrected chi connectivity index (χ1v) is 12.4. The molecule has 2 unspecified atom stereocenters. The van der Waals surface area contributed by atoms with E-state index in [-0.39, 0.29) is 35.9 Å². The van der Waals surface area contributed by atoms with Crippen LogP contribution < -0.4 is 10.5 Å². The highest BCUT2D eigenvalue weighted by molar-refractivity contribution is 7.89. The van der Waals surface area contributed by atoms with Crippen molar-refractivity contribution in [2.75, 3.05) is 0 Å². The topological polar surface area (TPSA) is 149 Å². The van der Waals surface area contributed by atoms with Gasteiger partial charge in [0.05, 0.1) is 10.5 Å². The molecular weight excluding hydrogens is 434 g/mol. The Morgan fingerprint density at radius 2 is 1.78 bits per heavy atom. The molecule has 0 aliphatic heterocycles. The van der Waals surface area contributed by atoms with Crippen molar-refractivity contribution in [1.82, 2.24) is 4.72 Å². The third-order valence-corrected chi connectivity index (χ3v) is 9.55. The van der Waals surface area contributed by atoms with Crippen LogP contribution in [0.5, 0.6) is 0 Å². The predicted molar refractivity (Wildman–Crippen MR) is 116 cm³/mol. The van der Waals surface area contributed by atoms with Gasteiger partial charge in [0.15, 0.2) is 10.7 Å². The van der Waals surface area contributed by atoms with Crippen molar-refractivity contribution in [1.29, 1.82) is 0 Å². The third kappa shape index (κ3) is 3.83. The molecule has 4 aliphatic carbocycles. The predicted octanol–water partition coefficient (Wildman–Crippen LogP) is 2.54. The Morgan fingerprint density at radius 1 is 1.19 bits per heavy atom. The molecular formula is C22H29N3O6S. The van der Waals surface area contributed by atoms with Crippen molar-refractivity contribution < 1.29 is 22.9 Å². The second kappa shape index (κ2) is 7.62. The molecule has 4 fully saturated rings. The van der Waals surface area contributed by atoms with Crippen LogP contribution in [0.1, 0.15) is 52.4 Å². The first-order chi connectivity index (χ1) is 14.8. The Bertz CT molecular complexity index is 1070. The molecule has 9 nitrogen and oxygen atoms in total. The summed E-state index contributed by atoms with van der Waals surface area (Å²) in [6.45, 7) is 2.98. The average molecular weight is 464 g/mol. The first-order valence-electron chi connectivity index (χ1n) is 11.0. The number of nitro groups is 1. The van der Waals surface area contributed by atoms with Crippen LogP contribution in [0, 0.1) is 39.2 Å². The highest BCUT2D eigenvalue weighted by Crippen LogP contribution is 2.62. The van der Waals surface area contributed by atoms with Crippen LogP contribution in [0.25, 0.3) is 0 Å². The van der Waals surface area contributed by atoms with Gasteiger partial charge in [-0.2, -0.15) is 4.72 Å². The van der Waals surface area contributed by atoms with Gasteiger partial charge >= 0.3 is 0 Å². The minimum Gasteiger partial charge on any atom is -0.369 e. The molecule has 1 aromatic rings. The number of nitro benzene ring substituents is 1. The Labute approximate surface area is 187 Å². The van der Waals surface area contributed by atoms with E-state index in [2.05, 4.69) is 4.72 Å². The summed E-state index contributed by atoms with van der Waals surface area (Å²) in [7, 11) is -4.29. The van der Waals surface area contributed by atoms with Crippen molar-refractivity contribution in [2.24, 2.45) is 34.8 Å². The number of amides is 1. The molecule has 1 aromatic carbocycles. The van der Waals surface area contributed by atoms with E-state index in [0.29, 0.717) is 18.8 Å². The molecule has 0 radical (unpaired) electrons. The number of carbonyl (C=O) groups excluding carboxylic acids is 2. The van der Waals surface area contributed by atoms with Gasteiger partial charge in [0.1, 0.15) is 0 Å². The maximum absolute atomic E-state index is 13.2. The van der Waals surface area contributed by atoms with E-state index < -0.39 is 36.5 Å². The number of carbonyl (C=O) groups is 2. The summed E-state index contributed by atoms with van der Waals surface area (Å²) in [6.07, 6.45) is 4.42. The van der Waals surface area contributed by atoms with E-state index in [1.807, 2.05) is 0 Å². The van der Waals surface area contributed by atoms with E-state index in [9.17, 15) is 28.1 Å². The molecule has 0 spiro atoms. The van der Waals surface area contributed by atoms with Crippen molar-refractivity contribution in [3.8, 4) is 0 Å². The molecule has 5 rings (SSSR count). The number of Topliss-reactive ketones (excluding diaryl/α,β-unsaturated/α-hetero) is 1. The third-order valence-electron chi connectivity index (χ3n) is 7.85. The molecule has 4 aliphatic rings. The number of rotatable bonds is 8. The van der Waals surface area contributed by atoms with Gasteiger partial charge in [0.2, 0.25) is 15.9 Å². The van der Waals surface area contributed by atoms with E-state index >= 15 is 0 Å². The molecule has 10 heteroatoms. The molecule has 32 heavy (non-hydrogen) atoms. The minimum atomic E-state index is -4.29. The molecule has 174 valence electrons. The van der Waals surface area contributed by atoms with Gasteiger partial charge in [-0.1, -0.05) is 12.1 Å². The summed E-state index contributed by atoms with van der Waals surface area (Å²) in [5, 5.41) is 11.3. The fourth-order valence-corrected chi connectivity index (χ4v) is 8.09. The lowest BCUT2D eigenvalue weighted by atomic mass is 9.45. The molecule has 1 amide bonds. The van der Waals surface area contributed by atoms with Gasteiger partial charge in [0.25, 0.3) is 5.69 Å². The van der Waals surface area contributed by atoms with Crippen LogP contribution in [0.2, 0.25) is 0 Å². The van der Waals surface area contributed by atoms with Crippen LogP contribution in [-0.2, 0) is 19.6 Å². The van der Waals surface area contributed by atoms with Gasteiger partial charge in [0, 0.05) is 17.9 Å². The second-order valence-corrected chi connectivity index (χ2v) is 12.0. The number of para-hydroxylation sites is 1. The zero-order chi connectivity index (χ0) is 23.5. The number of ketones is 1. The maximum atomic E-state index is 13.2. The van der Waals surface area contributed by atoms with Crippen molar-refractivity contribution in [3.63, 3.8) is 0 Å². The molecule has 0 saturated heterocycles. The van der Waals surface area contributed by atoms with Gasteiger partial charge in [-0.3, -0.25) is 19.7 Å². The van der Waals surface area contributed by atoms with E-state index in [1.165, 1.54) is 26.0 Å². The number of hydrogen-bond acceptors (Lipinski definition) is 6. The normalized spacial score (nSPS) is 31.4. The fraction of sp³-hybridized carbons (Fsp3) is 0.636. The zero-order valence-electron chi connectivity index (χ0n) is 18.2. The summed E-state index contributed by atoms with van der Waals surface area (Å²) in [5.41, 5.74) is 3.32. The summed E-state index contributed by atoms with van der Waals surface area (Å²) < 4.78 is 28.2. The Hall–Kier alpha value is -2.33. The first kappa shape index (κ1) is 22.8. The number of hydrogen-bond donors (Lipinski definition) is 2. The van der Waals surface area contributed by atoms with Crippen molar-refractivity contribution in [3.05, 3.63) is 34.4 Å². The quantitative estimate of drug-likeness (QED) is 0.447. The number of primary amides is 1. The summed E-state index contributed by atoms with van der Waals surface area (Å²) in [4.78, 5) is 35.4. The van der Waals surface area contributed by atoms with E-state index in [1.54, 1.807) is 0 Å². The Balaban J connectivity index is 1.51. The van der Waals surface area contributed by atoms with Crippen LogP contribution in [0.4, 0.5) is 5.69 Å². The van der Waals surface area contributed by atoms with Crippen LogP contribution in [0.3, 0.4) is 0 Å². The van der Waals surface area contributed by atoms with Gasteiger partial charge in [-0.25, -0.2) is 8.42 Å². The van der Waals surface area contributed by atoms with Crippen LogP contribution >= 0.6 is 0 Å². The SMILES string of the molecule is CC(C)(NS(=O)(=O)c1ccccc1[N+](=O)[O-])C(=O)CC1C2CC3CC1CC(C(N)=O)(C3)C2.